The lowest BCUT2D eigenvalue weighted by Gasteiger charge is -2.27. The zero-order chi connectivity index (χ0) is 13.8. The number of hydrogen-bond donors (Lipinski definition) is 2. The summed E-state index contributed by atoms with van der Waals surface area (Å²) in [4.78, 5) is 13.7. The fourth-order valence-corrected chi connectivity index (χ4v) is 2.46. The number of nitrogens with two attached hydrogens (primary N) is 2. The Morgan fingerprint density at radius 2 is 2.32 bits per heavy atom. The molecule has 0 spiro atoms. The van der Waals surface area contributed by atoms with Crippen molar-refractivity contribution < 1.29 is 9.53 Å². The van der Waals surface area contributed by atoms with Crippen molar-refractivity contribution >= 4 is 17.3 Å². The van der Waals surface area contributed by atoms with Crippen LogP contribution in [0.15, 0.2) is 18.2 Å². The van der Waals surface area contributed by atoms with Crippen LogP contribution < -0.4 is 16.4 Å². The van der Waals surface area contributed by atoms with Crippen LogP contribution in [0.5, 0.6) is 0 Å². The van der Waals surface area contributed by atoms with Gasteiger partial charge in [0, 0.05) is 31.1 Å². The van der Waals surface area contributed by atoms with E-state index in [1.165, 1.54) is 0 Å². The minimum atomic E-state index is -0.451. The van der Waals surface area contributed by atoms with E-state index in [-0.39, 0.29) is 6.10 Å². The maximum absolute atomic E-state index is 11.5. The van der Waals surface area contributed by atoms with E-state index in [1.54, 1.807) is 12.1 Å². The van der Waals surface area contributed by atoms with Gasteiger partial charge in [0.1, 0.15) is 0 Å². The summed E-state index contributed by atoms with van der Waals surface area (Å²) in [5, 5.41) is 0. The Bertz CT molecular complexity index is 456. The van der Waals surface area contributed by atoms with Crippen LogP contribution in [0.4, 0.5) is 11.4 Å². The number of likely N-dealkylation sites (N-methyl/N-ethyl adjacent to an activating group) is 1. The van der Waals surface area contributed by atoms with E-state index < -0.39 is 5.91 Å². The Morgan fingerprint density at radius 3 is 2.89 bits per heavy atom. The molecular formula is C14H21N3O2. The number of carbonyl (C=O) groups is 1. The highest BCUT2D eigenvalue weighted by Crippen LogP contribution is 2.25. The molecule has 1 aromatic rings. The van der Waals surface area contributed by atoms with Crippen molar-refractivity contribution in [2.75, 3.05) is 30.3 Å². The van der Waals surface area contributed by atoms with Gasteiger partial charge in [0.05, 0.1) is 11.7 Å². The lowest BCUT2D eigenvalue weighted by molar-refractivity contribution is 0.0999. The molecule has 1 heterocycles. The van der Waals surface area contributed by atoms with Crippen LogP contribution in [0.25, 0.3) is 0 Å². The van der Waals surface area contributed by atoms with Crippen LogP contribution in [0.2, 0.25) is 0 Å². The van der Waals surface area contributed by atoms with E-state index in [0.717, 1.165) is 38.2 Å². The highest BCUT2D eigenvalue weighted by atomic mass is 16.5. The molecule has 1 atom stereocenters. The van der Waals surface area contributed by atoms with Gasteiger partial charge in [-0.15, -0.1) is 0 Å². The Kier molecular flexibility index (Phi) is 4.27. The number of benzene rings is 1. The van der Waals surface area contributed by atoms with Crippen LogP contribution >= 0.6 is 0 Å². The SMILES string of the molecule is CCN(CC1CCCO1)c1ccc(N)cc1C(N)=O. The van der Waals surface area contributed by atoms with E-state index in [2.05, 4.69) is 11.8 Å². The lowest BCUT2D eigenvalue weighted by atomic mass is 10.1. The van der Waals surface area contributed by atoms with E-state index in [0.29, 0.717) is 11.3 Å². The van der Waals surface area contributed by atoms with E-state index in [1.807, 2.05) is 6.07 Å². The van der Waals surface area contributed by atoms with Gasteiger partial charge in [-0.3, -0.25) is 4.79 Å². The minimum Gasteiger partial charge on any atom is -0.399 e. The van der Waals surface area contributed by atoms with Crippen LogP contribution in [0.1, 0.15) is 30.1 Å². The second-order valence-corrected chi connectivity index (χ2v) is 4.81. The molecule has 1 fully saturated rings. The smallest absolute Gasteiger partial charge is 0.250 e. The van der Waals surface area contributed by atoms with Gasteiger partial charge in [0.2, 0.25) is 0 Å². The zero-order valence-corrected chi connectivity index (χ0v) is 11.3. The predicted molar refractivity (Wildman–Crippen MR) is 76.2 cm³/mol. The van der Waals surface area contributed by atoms with Crippen molar-refractivity contribution in [3.63, 3.8) is 0 Å². The Hall–Kier alpha value is -1.75. The molecule has 1 aliphatic heterocycles. The first-order valence-electron chi connectivity index (χ1n) is 6.67. The van der Waals surface area contributed by atoms with Gasteiger partial charge in [-0.05, 0) is 38.0 Å². The van der Waals surface area contributed by atoms with Gasteiger partial charge in [-0.25, -0.2) is 0 Å². The topological polar surface area (TPSA) is 81.6 Å². The Labute approximate surface area is 113 Å². The summed E-state index contributed by atoms with van der Waals surface area (Å²) in [6.45, 7) is 4.45. The molecule has 19 heavy (non-hydrogen) atoms. The van der Waals surface area contributed by atoms with E-state index in [4.69, 9.17) is 16.2 Å². The lowest BCUT2D eigenvalue weighted by Crippen LogP contribution is -2.33. The fourth-order valence-electron chi connectivity index (χ4n) is 2.46. The summed E-state index contributed by atoms with van der Waals surface area (Å²) in [5.74, 6) is -0.451. The molecule has 4 N–H and O–H groups in total. The monoisotopic (exact) mass is 263 g/mol. The number of hydrogen-bond acceptors (Lipinski definition) is 4. The molecule has 1 saturated heterocycles. The number of primary amides is 1. The third-order valence-electron chi connectivity index (χ3n) is 3.46. The van der Waals surface area contributed by atoms with Crippen molar-refractivity contribution in [3.8, 4) is 0 Å². The summed E-state index contributed by atoms with van der Waals surface area (Å²) in [6, 6.07) is 5.28. The van der Waals surface area contributed by atoms with Crippen LogP contribution in [-0.2, 0) is 4.74 Å². The first-order chi connectivity index (χ1) is 9.11. The molecule has 1 aromatic carbocycles. The average molecular weight is 263 g/mol. The number of nitrogens with zero attached hydrogens (tertiary/aromatic N) is 1. The summed E-state index contributed by atoms with van der Waals surface area (Å²) in [5.41, 5.74) is 13.0. The van der Waals surface area contributed by atoms with E-state index in [9.17, 15) is 4.79 Å². The first-order valence-corrected chi connectivity index (χ1v) is 6.67. The van der Waals surface area contributed by atoms with Crippen molar-refractivity contribution in [2.45, 2.75) is 25.9 Å². The summed E-state index contributed by atoms with van der Waals surface area (Å²) < 4.78 is 5.65. The van der Waals surface area contributed by atoms with Gasteiger partial charge >= 0.3 is 0 Å². The molecule has 0 aromatic heterocycles. The summed E-state index contributed by atoms with van der Waals surface area (Å²) in [6.07, 6.45) is 2.41. The molecule has 0 bridgehead atoms. The maximum atomic E-state index is 11.5. The second kappa shape index (κ2) is 5.93. The highest BCUT2D eigenvalue weighted by molar-refractivity contribution is 5.99. The van der Waals surface area contributed by atoms with Crippen LogP contribution in [0, 0.1) is 0 Å². The normalized spacial score (nSPS) is 18.5. The number of amides is 1. The summed E-state index contributed by atoms with van der Waals surface area (Å²) >= 11 is 0. The molecule has 5 nitrogen and oxygen atoms in total. The molecule has 5 heteroatoms. The number of rotatable bonds is 5. The first kappa shape index (κ1) is 13.7. The summed E-state index contributed by atoms with van der Waals surface area (Å²) in [7, 11) is 0. The molecule has 104 valence electrons. The predicted octanol–water partition coefficient (Wildman–Crippen LogP) is 1.37. The number of nitrogen functional groups attached to an aromatic ring is 1. The molecule has 1 aliphatic rings. The number of ether oxygens (including phenoxy) is 1. The van der Waals surface area contributed by atoms with Gasteiger partial charge < -0.3 is 21.1 Å². The fraction of sp³-hybridized carbons (Fsp3) is 0.500. The average Bonchev–Trinajstić information content (AvgIpc) is 2.89. The molecule has 0 radical (unpaired) electrons. The standard InChI is InChI=1S/C14H21N3O2/c1-2-17(9-11-4-3-7-19-11)13-6-5-10(15)8-12(13)14(16)18/h5-6,8,11H,2-4,7,9,15H2,1H3,(H2,16,18). The van der Waals surface area contributed by atoms with Crippen LogP contribution in [-0.4, -0.2) is 31.7 Å². The van der Waals surface area contributed by atoms with Gasteiger partial charge in [-0.1, -0.05) is 0 Å². The van der Waals surface area contributed by atoms with Gasteiger partial charge in [0.25, 0.3) is 5.91 Å². The molecule has 2 rings (SSSR count). The van der Waals surface area contributed by atoms with Crippen molar-refractivity contribution in [3.05, 3.63) is 23.8 Å². The van der Waals surface area contributed by atoms with E-state index >= 15 is 0 Å². The quantitative estimate of drug-likeness (QED) is 0.786. The molecular weight excluding hydrogens is 242 g/mol. The van der Waals surface area contributed by atoms with Gasteiger partial charge in [0.15, 0.2) is 0 Å². The third kappa shape index (κ3) is 3.17. The molecule has 1 unspecified atom stereocenters. The minimum absolute atomic E-state index is 0.234. The molecule has 1 amide bonds. The van der Waals surface area contributed by atoms with Crippen molar-refractivity contribution in [1.82, 2.24) is 0 Å². The largest absolute Gasteiger partial charge is 0.399 e. The number of anilines is 2. The Balaban J connectivity index is 2.23. The molecule has 0 saturated carbocycles. The maximum Gasteiger partial charge on any atom is 0.250 e. The number of carbonyl (C=O) groups excluding carboxylic acids is 1. The highest BCUT2D eigenvalue weighted by Gasteiger charge is 2.21. The van der Waals surface area contributed by atoms with Crippen molar-refractivity contribution in [2.24, 2.45) is 5.73 Å². The van der Waals surface area contributed by atoms with Gasteiger partial charge in [-0.2, -0.15) is 0 Å². The van der Waals surface area contributed by atoms with Crippen LogP contribution in [0.3, 0.4) is 0 Å². The van der Waals surface area contributed by atoms with Crippen molar-refractivity contribution in [1.29, 1.82) is 0 Å². The second-order valence-electron chi connectivity index (χ2n) is 4.81. The Morgan fingerprint density at radius 1 is 1.53 bits per heavy atom. The third-order valence-corrected chi connectivity index (χ3v) is 3.46. The molecule has 0 aliphatic carbocycles. The zero-order valence-electron chi connectivity index (χ0n) is 11.3.